The molecule has 4 aromatic rings. The van der Waals surface area contributed by atoms with E-state index in [-0.39, 0.29) is 10.7 Å². The second-order valence-electron chi connectivity index (χ2n) is 6.89. The van der Waals surface area contributed by atoms with Crippen LogP contribution in [0.2, 0.25) is 5.02 Å². The summed E-state index contributed by atoms with van der Waals surface area (Å²) < 4.78 is 30.1. The number of rotatable bonds is 4. The van der Waals surface area contributed by atoms with Crippen molar-refractivity contribution in [3.63, 3.8) is 0 Å². The third-order valence-electron chi connectivity index (χ3n) is 4.69. The monoisotopic (exact) mass is 434 g/mol. The number of hydrogen-bond donors (Lipinski definition) is 1. The minimum atomic E-state index is -3.92. The van der Waals surface area contributed by atoms with Crippen molar-refractivity contribution in [2.24, 2.45) is 4.40 Å². The molecular weight excluding hydrogens is 416 g/mol. The van der Waals surface area contributed by atoms with Gasteiger partial charge in [0.05, 0.1) is 4.90 Å². The molecule has 0 heterocycles. The highest BCUT2D eigenvalue weighted by atomic mass is 35.5. The predicted molar refractivity (Wildman–Crippen MR) is 124 cm³/mol. The van der Waals surface area contributed by atoms with Crippen LogP contribution >= 0.6 is 11.6 Å². The van der Waals surface area contributed by atoms with Crippen LogP contribution in [-0.2, 0) is 10.0 Å². The summed E-state index contributed by atoms with van der Waals surface area (Å²) in [4.78, 5) is 0.138. The van der Waals surface area contributed by atoms with Crippen molar-refractivity contribution in [1.82, 2.24) is 0 Å². The number of fused-ring (bicyclic) bond motifs is 1. The largest absolute Gasteiger partial charge is 0.339 e. The van der Waals surface area contributed by atoms with Crippen LogP contribution in [0.15, 0.2) is 100 Å². The van der Waals surface area contributed by atoms with Crippen LogP contribution in [-0.4, -0.2) is 14.3 Å². The zero-order chi connectivity index (χ0) is 21.1. The topological polar surface area (TPSA) is 58.5 Å². The highest BCUT2D eigenvalue weighted by Gasteiger charge is 2.16. The van der Waals surface area contributed by atoms with Crippen molar-refractivity contribution in [3.8, 4) is 0 Å². The zero-order valence-electron chi connectivity index (χ0n) is 16.2. The highest BCUT2D eigenvalue weighted by molar-refractivity contribution is 7.90. The van der Waals surface area contributed by atoms with Crippen molar-refractivity contribution >= 4 is 43.9 Å². The number of anilines is 1. The van der Waals surface area contributed by atoms with Crippen molar-refractivity contribution in [1.29, 1.82) is 0 Å². The average molecular weight is 435 g/mol. The molecule has 4 aromatic carbocycles. The molecule has 0 aliphatic rings. The maximum Gasteiger partial charge on any atom is 0.284 e. The fourth-order valence-corrected chi connectivity index (χ4v) is 4.20. The molecule has 0 aromatic heterocycles. The number of sulfonamides is 1. The van der Waals surface area contributed by atoms with Gasteiger partial charge in [0.25, 0.3) is 10.0 Å². The van der Waals surface area contributed by atoms with E-state index < -0.39 is 10.0 Å². The molecule has 0 aliphatic heterocycles. The van der Waals surface area contributed by atoms with E-state index in [9.17, 15) is 8.42 Å². The maximum atomic E-state index is 13.0. The van der Waals surface area contributed by atoms with Crippen LogP contribution < -0.4 is 5.32 Å². The lowest BCUT2D eigenvalue weighted by atomic mass is 10.1. The average Bonchev–Trinajstić information content (AvgIpc) is 2.74. The molecule has 0 spiro atoms. The zero-order valence-corrected chi connectivity index (χ0v) is 17.8. The second-order valence-corrected chi connectivity index (χ2v) is 8.93. The molecular formula is C24H19ClN2O2S. The standard InChI is InChI=1S/C24H19ClN2O2S/c1-17-9-15-21(16-10-17)30(28,29)27-24(19-11-13-20(25)14-12-19)26-23-8-4-6-18-5-2-3-7-22(18)23/h2-16H,1H3,(H,26,27). The molecule has 0 radical (unpaired) electrons. The Hall–Kier alpha value is -3.15. The van der Waals surface area contributed by atoms with Gasteiger partial charge in [0.1, 0.15) is 0 Å². The Bertz CT molecular complexity index is 1320. The van der Waals surface area contributed by atoms with E-state index in [0.29, 0.717) is 10.6 Å². The highest BCUT2D eigenvalue weighted by Crippen LogP contribution is 2.25. The third-order valence-corrected chi connectivity index (χ3v) is 6.23. The van der Waals surface area contributed by atoms with E-state index in [1.54, 1.807) is 48.5 Å². The summed E-state index contributed by atoms with van der Waals surface area (Å²) in [6.07, 6.45) is 0. The molecule has 0 aliphatic carbocycles. The van der Waals surface area contributed by atoms with Gasteiger partial charge in [-0.05, 0) is 54.8 Å². The van der Waals surface area contributed by atoms with Crippen LogP contribution in [0.3, 0.4) is 0 Å². The summed E-state index contributed by atoms with van der Waals surface area (Å²) in [7, 11) is -3.92. The van der Waals surface area contributed by atoms with Crippen molar-refractivity contribution < 1.29 is 8.42 Å². The van der Waals surface area contributed by atoms with Crippen LogP contribution in [0.5, 0.6) is 0 Å². The van der Waals surface area contributed by atoms with Crippen LogP contribution in [0, 0.1) is 6.92 Å². The van der Waals surface area contributed by atoms with Gasteiger partial charge in [-0.25, -0.2) is 0 Å². The number of halogens is 1. The first-order valence-electron chi connectivity index (χ1n) is 9.35. The molecule has 0 saturated heterocycles. The molecule has 30 heavy (non-hydrogen) atoms. The lowest BCUT2D eigenvalue weighted by molar-refractivity contribution is 0.598. The van der Waals surface area contributed by atoms with Gasteiger partial charge >= 0.3 is 0 Å². The first-order chi connectivity index (χ1) is 14.4. The molecule has 0 atom stereocenters. The Morgan fingerprint density at radius 2 is 1.50 bits per heavy atom. The summed E-state index contributed by atoms with van der Waals surface area (Å²) in [5, 5.41) is 5.79. The Balaban J connectivity index is 1.83. The van der Waals surface area contributed by atoms with Crippen LogP contribution in [0.25, 0.3) is 10.8 Å². The van der Waals surface area contributed by atoms with Crippen molar-refractivity contribution in [2.45, 2.75) is 11.8 Å². The first kappa shape index (κ1) is 20.1. The fraction of sp³-hybridized carbons (Fsp3) is 0.0417. The Kier molecular flexibility index (Phi) is 5.57. The number of amidine groups is 1. The lowest BCUT2D eigenvalue weighted by Gasteiger charge is -2.13. The molecule has 4 nitrogen and oxygen atoms in total. The molecule has 0 saturated carbocycles. The summed E-state index contributed by atoms with van der Waals surface area (Å²) in [6.45, 7) is 1.90. The van der Waals surface area contributed by atoms with Crippen LogP contribution in [0.4, 0.5) is 5.69 Å². The minimum Gasteiger partial charge on any atom is -0.339 e. The Morgan fingerprint density at radius 1 is 0.833 bits per heavy atom. The van der Waals surface area contributed by atoms with Gasteiger partial charge in [0.2, 0.25) is 0 Å². The van der Waals surface area contributed by atoms with Gasteiger partial charge < -0.3 is 5.32 Å². The van der Waals surface area contributed by atoms with Crippen molar-refractivity contribution in [3.05, 3.63) is 107 Å². The normalized spacial score (nSPS) is 12.1. The van der Waals surface area contributed by atoms with Gasteiger partial charge in [-0.2, -0.15) is 8.42 Å². The molecule has 0 unspecified atom stereocenters. The minimum absolute atomic E-state index is 0.138. The van der Waals surface area contributed by atoms with E-state index in [1.165, 1.54) is 0 Å². The van der Waals surface area contributed by atoms with E-state index in [2.05, 4.69) is 9.71 Å². The second kappa shape index (κ2) is 8.30. The number of aryl methyl sites for hydroxylation is 1. The number of hydrogen-bond acceptors (Lipinski definition) is 2. The molecule has 4 rings (SSSR count). The maximum absolute atomic E-state index is 13.0. The van der Waals surface area contributed by atoms with Gasteiger partial charge in [-0.3, -0.25) is 0 Å². The smallest absolute Gasteiger partial charge is 0.284 e. The summed E-state index contributed by atoms with van der Waals surface area (Å²) in [5.74, 6) is 0.226. The molecule has 0 bridgehead atoms. The SMILES string of the molecule is Cc1ccc(S(=O)(=O)/N=C(\Nc2cccc3ccccc23)c2ccc(Cl)cc2)cc1. The van der Waals surface area contributed by atoms with E-state index >= 15 is 0 Å². The summed E-state index contributed by atoms with van der Waals surface area (Å²) in [6, 6.07) is 27.2. The number of nitrogens with one attached hydrogen (secondary N) is 1. The van der Waals surface area contributed by atoms with Gasteiger partial charge in [-0.1, -0.05) is 65.7 Å². The summed E-state index contributed by atoms with van der Waals surface area (Å²) in [5.41, 5.74) is 2.36. The lowest BCUT2D eigenvalue weighted by Crippen LogP contribution is -2.16. The van der Waals surface area contributed by atoms with E-state index in [4.69, 9.17) is 11.6 Å². The Morgan fingerprint density at radius 3 is 2.23 bits per heavy atom. The van der Waals surface area contributed by atoms with Gasteiger partial charge in [0.15, 0.2) is 5.84 Å². The van der Waals surface area contributed by atoms with Gasteiger partial charge in [-0.15, -0.1) is 4.40 Å². The van der Waals surface area contributed by atoms with E-state index in [0.717, 1.165) is 22.0 Å². The number of benzene rings is 4. The molecule has 0 fully saturated rings. The third kappa shape index (κ3) is 4.37. The quantitative estimate of drug-likeness (QED) is 0.314. The van der Waals surface area contributed by atoms with Gasteiger partial charge in [0, 0.05) is 21.7 Å². The molecule has 0 amide bonds. The fourth-order valence-electron chi connectivity index (χ4n) is 3.10. The molecule has 1 N–H and O–H groups in total. The first-order valence-corrected chi connectivity index (χ1v) is 11.2. The summed E-state index contributed by atoms with van der Waals surface area (Å²) >= 11 is 6.02. The number of nitrogens with zero attached hydrogens (tertiary/aromatic N) is 1. The van der Waals surface area contributed by atoms with E-state index in [1.807, 2.05) is 49.4 Å². The molecule has 150 valence electrons. The predicted octanol–water partition coefficient (Wildman–Crippen LogP) is 6.05. The van der Waals surface area contributed by atoms with Crippen LogP contribution in [0.1, 0.15) is 11.1 Å². The van der Waals surface area contributed by atoms with Crippen molar-refractivity contribution in [2.75, 3.05) is 5.32 Å². The molecule has 6 heteroatoms. The Labute approximate surface area is 180 Å².